The SMILES string of the molecule is Cc1c(C(=O)NCC(C)(C)C[NH+](C)C)oc2c1ccc1ccccc12. The Balaban J connectivity index is 1.89. The molecule has 0 atom stereocenters. The van der Waals surface area contributed by atoms with Crippen molar-refractivity contribution in [3.05, 3.63) is 47.7 Å². The van der Waals surface area contributed by atoms with Gasteiger partial charge in [0.1, 0.15) is 5.58 Å². The molecule has 0 bridgehead atoms. The zero-order chi connectivity index (χ0) is 18.2. The van der Waals surface area contributed by atoms with Crippen LogP contribution >= 0.6 is 0 Å². The van der Waals surface area contributed by atoms with E-state index in [1.165, 1.54) is 4.90 Å². The Morgan fingerprint density at radius 1 is 1.12 bits per heavy atom. The quantitative estimate of drug-likeness (QED) is 0.751. The van der Waals surface area contributed by atoms with Crippen LogP contribution in [0.25, 0.3) is 21.7 Å². The Morgan fingerprint density at radius 3 is 2.56 bits per heavy atom. The van der Waals surface area contributed by atoms with Gasteiger partial charge in [-0.1, -0.05) is 50.2 Å². The van der Waals surface area contributed by atoms with Crippen LogP contribution in [-0.4, -0.2) is 33.1 Å². The fourth-order valence-electron chi connectivity index (χ4n) is 3.59. The minimum Gasteiger partial charge on any atom is -0.450 e. The molecule has 0 radical (unpaired) electrons. The van der Waals surface area contributed by atoms with Crippen molar-refractivity contribution >= 4 is 27.6 Å². The Hall–Kier alpha value is -2.33. The highest BCUT2D eigenvalue weighted by Crippen LogP contribution is 2.31. The van der Waals surface area contributed by atoms with Crippen molar-refractivity contribution in [1.82, 2.24) is 5.32 Å². The van der Waals surface area contributed by atoms with E-state index in [1.54, 1.807) is 0 Å². The predicted molar refractivity (Wildman–Crippen MR) is 102 cm³/mol. The Morgan fingerprint density at radius 2 is 1.84 bits per heavy atom. The number of fused-ring (bicyclic) bond motifs is 3. The summed E-state index contributed by atoms with van der Waals surface area (Å²) >= 11 is 0. The van der Waals surface area contributed by atoms with Crippen molar-refractivity contribution in [2.45, 2.75) is 20.8 Å². The lowest BCUT2D eigenvalue weighted by atomic mass is 9.93. The third-order valence-corrected chi connectivity index (χ3v) is 4.59. The summed E-state index contributed by atoms with van der Waals surface area (Å²) in [5, 5.41) is 6.21. The maximum absolute atomic E-state index is 12.7. The first kappa shape index (κ1) is 17.5. The molecule has 0 fully saturated rings. The fourth-order valence-corrected chi connectivity index (χ4v) is 3.59. The van der Waals surface area contributed by atoms with Crippen molar-refractivity contribution in [2.75, 3.05) is 27.2 Å². The molecule has 132 valence electrons. The van der Waals surface area contributed by atoms with Gasteiger partial charge >= 0.3 is 0 Å². The van der Waals surface area contributed by atoms with Crippen LogP contribution in [0.4, 0.5) is 0 Å². The second-order valence-corrected chi connectivity index (χ2v) is 7.95. The van der Waals surface area contributed by atoms with E-state index in [0.717, 1.165) is 33.8 Å². The zero-order valence-corrected chi connectivity index (χ0v) is 15.7. The summed E-state index contributed by atoms with van der Waals surface area (Å²) in [5.41, 5.74) is 1.72. The number of carbonyl (C=O) groups is 1. The van der Waals surface area contributed by atoms with Crippen LogP contribution in [-0.2, 0) is 0 Å². The van der Waals surface area contributed by atoms with E-state index in [1.807, 2.05) is 31.2 Å². The summed E-state index contributed by atoms with van der Waals surface area (Å²) in [6.07, 6.45) is 0. The number of amides is 1. The van der Waals surface area contributed by atoms with Crippen LogP contribution in [0, 0.1) is 12.3 Å². The van der Waals surface area contributed by atoms with Gasteiger partial charge in [-0.15, -0.1) is 0 Å². The van der Waals surface area contributed by atoms with E-state index in [-0.39, 0.29) is 11.3 Å². The normalized spacial score (nSPS) is 12.2. The minimum absolute atomic E-state index is 0.0289. The van der Waals surface area contributed by atoms with Gasteiger partial charge in [-0.2, -0.15) is 0 Å². The summed E-state index contributed by atoms with van der Waals surface area (Å²) in [7, 11) is 4.25. The van der Waals surface area contributed by atoms with Crippen LogP contribution < -0.4 is 10.2 Å². The Kier molecular flexibility index (Phi) is 4.56. The Labute approximate surface area is 148 Å². The molecule has 3 rings (SSSR count). The molecule has 0 saturated heterocycles. The molecule has 2 N–H and O–H groups in total. The molecule has 1 amide bonds. The third-order valence-electron chi connectivity index (χ3n) is 4.59. The number of carbonyl (C=O) groups excluding carboxylic acids is 1. The van der Waals surface area contributed by atoms with Crippen molar-refractivity contribution in [1.29, 1.82) is 0 Å². The van der Waals surface area contributed by atoms with Gasteiger partial charge in [-0.25, -0.2) is 0 Å². The molecule has 1 heterocycles. The molecule has 1 aromatic heterocycles. The van der Waals surface area contributed by atoms with Crippen LogP contribution in [0.5, 0.6) is 0 Å². The number of quaternary nitrogens is 1. The van der Waals surface area contributed by atoms with Gasteiger partial charge in [0.15, 0.2) is 5.76 Å². The maximum Gasteiger partial charge on any atom is 0.287 e. The molecular formula is C21H27N2O2+. The van der Waals surface area contributed by atoms with E-state index in [4.69, 9.17) is 4.42 Å². The lowest BCUT2D eigenvalue weighted by Crippen LogP contribution is -3.07. The summed E-state index contributed by atoms with van der Waals surface area (Å²) in [4.78, 5) is 14.1. The van der Waals surface area contributed by atoms with Crippen LogP contribution in [0.1, 0.15) is 30.0 Å². The van der Waals surface area contributed by atoms with Gasteiger partial charge in [0.25, 0.3) is 5.91 Å². The monoisotopic (exact) mass is 339 g/mol. The lowest BCUT2D eigenvalue weighted by Gasteiger charge is -2.25. The van der Waals surface area contributed by atoms with Crippen molar-refractivity contribution in [3.8, 4) is 0 Å². The standard InChI is InChI=1S/C21H26N2O2/c1-14-16-11-10-15-8-6-7-9-17(15)19(16)25-18(14)20(24)22-12-21(2,3)13-23(4)5/h6-11H,12-13H2,1-5H3,(H,22,24)/p+1. The summed E-state index contributed by atoms with van der Waals surface area (Å²) < 4.78 is 6.00. The van der Waals surface area contributed by atoms with Crippen LogP contribution in [0.15, 0.2) is 40.8 Å². The summed E-state index contributed by atoms with van der Waals surface area (Å²) in [6.45, 7) is 7.88. The van der Waals surface area contributed by atoms with E-state index in [9.17, 15) is 4.79 Å². The van der Waals surface area contributed by atoms with Gasteiger partial charge in [-0.3, -0.25) is 4.79 Å². The third kappa shape index (κ3) is 3.54. The molecule has 0 unspecified atom stereocenters. The van der Waals surface area contributed by atoms with Crippen LogP contribution in [0.2, 0.25) is 0 Å². The van der Waals surface area contributed by atoms with Gasteiger partial charge in [0, 0.05) is 28.3 Å². The summed E-state index contributed by atoms with van der Waals surface area (Å²) in [5.74, 6) is 0.277. The van der Waals surface area contributed by atoms with E-state index in [0.29, 0.717) is 12.3 Å². The zero-order valence-electron chi connectivity index (χ0n) is 15.7. The molecule has 25 heavy (non-hydrogen) atoms. The predicted octanol–water partition coefficient (Wildman–Crippen LogP) is 2.79. The molecular weight excluding hydrogens is 312 g/mol. The van der Waals surface area contributed by atoms with Crippen molar-refractivity contribution in [3.63, 3.8) is 0 Å². The van der Waals surface area contributed by atoms with E-state index < -0.39 is 0 Å². The highest BCUT2D eigenvalue weighted by Gasteiger charge is 2.25. The molecule has 0 aliphatic heterocycles. The van der Waals surface area contributed by atoms with Crippen molar-refractivity contribution < 1.29 is 14.1 Å². The van der Waals surface area contributed by atoms with Gasteiger partial charge in [0.2, 0.25) is 0 Å². The number of furan rings is 1. The number of hydrogen-bond acceptors (Lipinski definition) is 2. The largest absolute Gasteiger partial charge is 0.450 e. The minimum atomic E-state index is -0.139. The first-order chi connectivity index (χ1) is 11.8. The molecule has 0 saturated carbocycles. The molecule has 4 heteroatoms. The highest BCUT2D eigenvalue weighted by molar-refractivity contribution is 6.08. The van der Waals surface area contributed by atoms with E-state index in [2.05, 4.69) is 45.4 Å². The fraction of sp³-hybridized carbons (Fsp3) is 0.381. The molecule has 4 nitrogen and oxygen atoms in total. The highest BCUT2D eigenvalue weighted by atomic mass is 16.3. The van der Waals surface area contributed by atoms with Gasteiger partial charge in [-0.05, 0) is 12.3 Å². The molecule has 0 aliphatic rings. The topological polar surface area (TPSA) is 46.7 Å². The van der Waals surface area contributed by atoms with Crippen molar-refractivity contribution in [2.24, 2.45) is 5.41 Å². The van der Waals surface area contributed by atoms with Crippen LogP contribution in [0.3, 0.4) is 0 Å². The number of nitrogens with one attached hydrogen (secondary N) is 2. The number of aryl methyl sites for hydroxylation is 1. The first-order valence-electron chi connectivity index (χ1n) is 8.76. The molecule has 3 aromatic rings. The maximum atomic E-state index is 12.7. The molecule has 0 aliphatic carbocycles. The smallest absolute Gasteiger partial charge is 0.287 e. The lowest BCUT2D eigenvalue weighted by molar-refractivity contribution is -0.865. The second-order valence-electron chi connectivity index (χ2n) is 7.95. The van der Waals surface area contributed by atoms with Gasteiger partial charge in [0.05, 0.1) is 20.6 Å². The number of hydrogen-bond donors (Lipinski definition) is 2. The molecule has 0 spiro atoms. The van der Waals surface area contributed by atoms with Gasteiger partial charge < -0.3 is 14.6 Å². The Bertz CT molecular complexity index is 922. The summed E-state index contributed by atoms with van der Waals surface area (Å²) in [6, 6.07) is 12.2. The molecule has 2 aromatic carbocycles. The first-order valence-corrected chi connectivity index (χ1v) is 8.76. The average molecular weight is 339 g/mol. The van der Waals surface area contributed by atoms with E-state index >= 15 is 0 Å². The number of rotatable bonds is 5. The number of benzene rings is 2. The average Bonchev–Trinajstić information content (AvgIpc) is 2.89. The second kappa shape index (κ2) is 6.52.